The summed E-state index contributed by atoms with van der Waals surface area (Å²) in [6.45, 7) is -0.234. The maximum absolute atomic E-state index is 10.5. The topological polar surface area (TPSA) is 115 Å². The van der Waals surface area contributed by atoms with Gasteiger partial charge in [-0.3, -0.25) is 4.57 Å². The van der Waals surface area contributed by atoms with Gasteiger partial charge < -0.3 is 25.0 Å². The van der Waals surface area contributed by atoms with Crippen LogP contribution in [0.4, 0.5) is 5.82 Å². The van der Waals surface area contributed by atoms with Gasteiger partial charge in [-0.25, -0.2) is 15.0 Å². The lowest BCUT2D eigenvalue weighted by Crippen LogP contribution is -2.35. The normalized spacial score (nSPS) is 30.1. The molecule has 1 saturated carbocycles. The number of methoxy groups -OCH3 is 1. The Morgan fingerprint density at radius 2 is 2.08 bits per heavy atom. The van der Waals surface area contributed by atoms with E-state index in [1.807, 2.05) is 0 Å². The molecule has 1 aliphatic heterocycles. The summed E-state index contributed by atoms with van der Waals surface area (Å²) in [6, 6.07) is 0.400. The minimum Gasteiger partial charge on any atom is -0.394 e. The summed E-state index contributed by atoms with van der Waals surface area (Å²) in [4.78, 5) is 13.1. The molecule has 0 aromatic carbocycles. The number of hydrogen-bond acceptors (Lipinski definition) is 8. The molecule has 1 aliphatic carbocycles. The van der Waals surface area contributed by atoms with Gasteiger partial charge in [0.15, 0.2) is 23.2 Å². The van der Waals surface area contributed by atoms with Gasteiger partial charge in [-0.15, -0.1) is 0 Å². The Hall–Kier alpha value is -1.81. The van der Waals surface area contributed by atoms with Crippen LogP contribution in [0, 0.1) is 0 Å². The highest BCUT2D eigenvalue weighted by atomic mass is 16.6. The van der Waals surface area contributed by atoms with Crippen LogP contribution in [0.3, 0.4) is 0 Å². The standard InChI is InChI=1S/C17H25N5O4/c1-25-14-11(7-23)26-17(13(14)24)22-9-20-12-15(18-8-19-16(12)22)21-10-5-3-2-4-6-10/h8-11,13-14,17,23-24H,2-7H2,1H3,(H,18,19,21). The fourth-order valence-electron chi connectivity index (χ4n) is 3.97. The molecule has 4 atom stereocenters. The Morgan fingerprint density at radius 3 is 2.77 bits per heavy atom. The molecule has 0 radical (unpaired) electrons. The lowest BCUT2D eigenvalue weighted by molar-refractivity contribution is -0.0535. The second kappa shape index (κ2) is 7.43. The highest BCUT2D eigenvalue weighted by Crippen LogP contribution is 2.33. The third-order valence-corrected chi connectivity index (χ3v) is 5.34. The number of ether oxygens (including phenoxy) is 2. The summed E-state index contributed by atoms with van der Waals surface area (Å²) >= 11 is 0. The molecular formula is C17H25N5O4. The molecule has 9 nitrogen and oxygen atoms in total. The molecule has 0 bridgehead atoms. The van der Waals surface area contributed by atoms with Crippen LogP contribution in [0.15, 0.2) is 12.7 Å². The number of aliphatic hydroxyl groups is 2. The van der Waals surface area contributed by atoms with Crippen LogP contribution < -0.4 is 5.32 Å². The number of rotatable bonds is 5. The Kier molecular flexibility index (Phi) is 5.03. The summed E-state index contributed by atoms with van der Waals surface area (Å²) < 4.78 is 12.7. The molecule has 2 fully saturated rings. The number of imidazole rings is 1. The van der Waals surface area contributed by atoms with Gasteiger partial charge in [0.05, 0.1) is 12.9 Å². The molecule has 3 N–H and O–H groups in total. The monoisotopic (exact) mass is 363 g/mol. The van der Waals surface area contributed by atoms with E-state index in [-0.39, 0.29) is 6.61 Å². The largest absolute Gasteiger partial charge is 0.394 e. The Morgan fingerprint density at radius 1 is 1.27 bits per heavy atom. The smallest absolute Gasteiger partial charge is 0.167 e. The molecular weight excluding hydrogens is 338 g/mol. The second-order valence-corrected chi connectivity index (χ2v) is 6.96. The molecule has 0 spiro atoms. The minimum atomic E-state index is -0.931. The Labute approximate surface area is 151 Å². The molecule has 4 unspecified atom stereocenters. The first-order valence-corrected chi connectivity index (χ1v) is 9.14. The maximum atomic E-state index is 10.5. The summed E-state index contributed by atoms with van der Waals surface area (Å²) in [6.07, 6.45) is 6.22. The molecule has 4 rings (SSSR count). The van der Waals surface area contributed by atoms with E-state index >= 15 is 0 Å². The molecule has 2 aliphatic rings. The first-order chi connectivity index (χ1) is 12.7. The average Bonchev–Trinajstić information content (AvgIpc) is 3.23. The van der Waals surface area contributed by atoms with E-state index < -0.39 is 24.5 Å². The molecule has 1 saturated heterocycles. The van der Waals surface area contributed by atoms with E-state index in [9.17, 15) is 10.2 Å². The SMILES string of the molecule is COC1C(CO)OC(n2cnc3c(NC4CCCCC4)ncnc32)C1O. The number of anilines is 1. The van der Waals surface area contributed by atoms with Crippen molar-refractivity contribution in [2.45, 2.75) is 62.7 Å². The predicted octanol–water partition coefficient (Wildman–Crippen LogP) is 0.836. The van der Waals surface area contributed by atoms with Crippen molar-refractivity contribution in [1.82, 2.24) is 19.5 Å². The molecule has 3 heterocycles. The van der Waals surface area contributed by atoms with Crippen LogP contribution in [0.25, 0.3) is 11.2 Å². The first-order valence-electron chi connectivity index (χ1n) is 9.14. The first kappa shape index (κ1) is 17.6. The number of aliphatic hydroxyl groups excluding tert-OH is 2. The molecule has 2 aromatic rings. The van der Waals surface area contributed by atoms with E-state index in [0.717, 1.165) is 12.8 Å². The molecule has 9 heteroatoms. The predicted molar refractivity (Wildman–Crippen MR) is 93.6 cm³/mol. The van der Waals surface area contributed by atoms with Gasteiger partial charge in [0, 0.05) is 13.2 Å². The van der Waals surface area contributed by atoms with Crippen molar-refractivity contribution in [2.24, 2.45) is 0 Å². The van der Waals surface area contributed by atoms with Crippen LogP contribution in [0.2, 0.25) is 0 Å². The highest BCUT2D eigenvalue weighted by molar-refractivity contribution is 5.82. The summed E-state index contributed by atoms with van der Waals surface area (Å²) in [7, 11) is 1.49. The molecule has 2 aromatic heterocycles. The van der Waals surface area contributed by atoms with Crippen molar-refractivity contribution < 1.29 is 19.7 Å². The number of hydrogen-bond donors (Lipinski definition) is 3. The maximum Gasteiger partial charge on any atom is 0.167 e. The summed E-state index contributed by atoms with van der Waals surface area (Å²) in [5, 5.41) is 23.5. The van der Waals surface area contributed by atoms with Gasteiger partial charge in [0.1, 0.15) is 24.6 Å². The van der Waals surface area contributed by atoms with E-state index in [0.29, 0.717) is 23.0 Å². The molecule has 0 amide bonds. The molecule has 142 valence electrons. The van der Waals surface area contributed by atoms with Crippen LogP contribution in [0.5, 0.6) is 0 Å². The Bertz CT molecular complexity index is 748. The second-order valence-electron chi connectivity index (χ2n) is 6.96. The number of aromatic nitrogens is 4. The Balaban J connectivity index is 1.62. The van der Waals surface area contributed by atoms with Crippen molar-refractivity contribution in [1.29, 1.82) is 0 Å². The number of nitrogens with zero attached hydrogens (tertiary/aromatic N) is 4. The van der Waals surface area contributed by atoms with Crippen molar-refractivity contribution >= 4 is 17.0 Å². The zero-order valence-electron chi connectivity index (χ0n) is 14.8. The van der Waals surface area contributed by atoms with Crippen LogP contribution in [-0.2, 0) is 9.47 Å². The van der Waals surface area contributed by atoms with Crippen molar-refractivity contribution in [3.63, 3.8) is 0 Å². The third kappa shape index (κ3) is 3.05. The van der Waals surface area contributed by atoms with Crippen LogP contribution in [-0.4, -0.2) is 67.8 Å². The molecule has 26 heavy (non-hydrogen) atoms. The fourth-order valence-corrected chi connectivity index (χ4v) is 3.97. The number of fused-ring (bicyclic) bond motifs is 1. The van der Waals surface area contributed by atoms with Gasteiger partial charge in [-0.1, -0.05) is 19.3 Å². The van der Waals surface area contributed by atoms with Gasteiger partial charge in [0.25, 0.3) is 0 Å². The van der Waals surface area contributed by atoms with Crippen molar-refractivity contribution in [3.05, 3.63) is 12.7 Å². The minimum absolute atomic E-state index is 0.234. The lowest BCUT2D eigenvalue weighted by Gasteiger charge is -2.23. The van der Waals surface area contributed by atoms with Crippen molar-refractivity contribution in [2.75, 3.05) is 19.0 Å². The third-order valence-electron chi connectivity index (χ3n) is 5.34. The summed E-state index contributed by atoms with van der Waals surface area (Å²) in [5.41, 5.74) is 1.23. The van der Waals surface area contributed by atoms with E-state index in [1.165, 1.54) is 32.7 Å². The van der Waals surface area contributed by atoms with E-state index in [1.54, 1.807) is 10.9 Å². The van der Waals surface area contributed by atoms with Crippen molar-refractivity contribution in [3.8, 4) is 0 Å². The average molecular weight is 363 g/mol. The van der Waals surface area contributed by atoms with Crippen LogP contribution in [0.1, 0.15) is 38.3 Å². The quantitative estimate of drug-likeness (QED) is 0.716. The van der Waals surface area contributed by atoms with Gasteiger partial charge in [-0.2, -0.15) is 0 Å². The lowest BCUT2D eigenvalue weighted by atomic mass is 9.95. The van der Waals surface area contributed by atoms with Gasteiger partial charge >= 0.3 is 0 Å². The highest BCUT2D eigenvalue weighted by Gasteiger charge is 2.45. The summed E-state index contributed by atoms with van der Waals surface area (Å²) in [5.74, 6) is 0.704. The van der Waals surface area contributed by atoms with Gasteiger partial charge in [0.2, 0.25) is 0 Å². The number of nitrogens with one attached hydrogen (secondary N) is 1. The van der Waals surface area contributed by atoms with E-state index in [4.69, 9.17) is 9.47 Å². The zero-order valence-corrected chi connectivity index (χ0v) is 14.8. The van der Waals surface area contributed by atoms with Gasteiger partial charge in [-0.05, 0) is 12.8 Å². The zero-order chi connectivity index (χ0) is 18.1. The van der Waals surface area contributed by atoms with E-state index in [2.05, 4.69) is 20.3 Å². The van der Waals surface area contributed by atoms with Crippen LogP contribution >= 0.6 is 0 Å². The fraction of sp³-hybridized carbons (Fsp3) is 0.706.